The molecule has 146 valence electrons. The normalized spacial score (nSPS) is 34.2. The summed E-state index contributed by atoms with van der Waals surface area (Å²) in [6, 6.07) is 9.32. The predicted molar refractivity (Wildman–Crippen MR) is 108 cm³/mol. The van der Waals surface area contributed by atoms with E-state index < -0.39 is 0 Å². The number of amides is 2. The largest absolute Gasteiger partial charge is 0.455 e. The van der Waals surface area contributed by atoms with E-state index in [2.05, 4.69) is 17.3 Å². The predicted octanol–water partition coefficient (Wildman–Crippen LogP) is 4.30. The Bertz CT molecular complexity index is 1080. The molecule has 0 spiro atoms. The average Bonchev–Trinajstić information content (AvgIpc) is 3.36. The van der Waals surface area contributed by atoms with Gasteiger partial charge in [-0.25, -0.2) is 0 Å². The Morgan fingerprint density at radius 2 is 1.76 bits per heavy atom. The van der Waals surface area contributed by atoms with Gasteiger partial charge in [0.05, 0.1) is 18.1 Å². The number of hydrogen-bond donors (Lipinski definition) is 0. The Morgan fingerprint density at radius 1 is 1.07 bits per heavy atom. The number of carbonyl (C=O) groups excluding carboxylic acids is 2. The summed E-state index contributed by atoms with van der Waals surface area (Å²) < 4.78 is 5.82. The summed E-state index contributed by atoms with van der Waals surface area (Å²) in [5.74, 6) is 1.90. The van der Waals surface area contributed by atoms with Crippen LogP contribution in [-0.2, 0) is 9.59 Å². The number of aryl methyl sites for hydroxylation is 1. The van der Waals surface area contributed by atoms with Crippen LogP contribution in [0.5, 0.6) is 0 Å². The van der Waals surface area contributed by atoms with Crippen molar-refractivity contribution in [1.29, 1.82) is 0 Å². The number of benzene rings is 1. The van der Waals surface area contributed by atoms with Crippen molar-refractivity contribution in [1.82, 2.24) is 5.01 Å². The molecule has 1 saturated heterocycles. The summed E-state index contributed by atoms with van der Waals surface area (Å²) in [6.45, 7) is 1.94. The number of nitrogens with zero attached hydrogens (tertiary/aromatic N) is 2. The third-order valence-electron chi connectivity index (χ3n) is 7.02. The molecule has 6 atom stereocenters. The number of rotatable bonds is 3. The number of hydrazone groups is 1. The molecule has 4 aliphatic carbocycles. The zero-order valence-corrected chi connectivity index (χ0v) is 16.5. The molecule has 2 amide bonds. The maximum absolute atomic E-state index is 12.9. The van der Waals surface area contributed by atoms with Gasteiger partial charge in [-0.1, -0.05) is 35.9 Å². The topological polar surface area (TPSA) is 62.9 Å². The van der Waals surface area contributed by atoms with Crippen molar-refractivity contribution in [3.05, 3.63) is 58.8 Å². The van der Waals surface area contributed by atoms with E-state index in [1.165, 1.54) is 6.21 Å². The van der Waals surface area contributed by atoms with E-state index in [9.17, 15) is 9.59 Å². The quantitative estimate of drug-likeness (QED) is 0.434. The molecule has 2 heterocycles. The molecule has 3 fully saturated rings. The molecule has 1 aliphatic heterocycles. The van der Waals surface area contributed by atoms with Crippen molar-refractivity contribution in [2.75, 3.05) is 0 Å². The van der Waals surface area contributed by atoms with E-state index in [1.54, 1.807) is 6.07 Å². The van der Waals surface area contributed by atoms with Gasteiger partial charge >= 0.3 is 0 Å². The molecule has 29 heavy (non-hydrogen) atoms. The minimum absolute atomic E-state index is 0.168. The third-order valence-corrected chi connectivity index (χ3v) is 7.43. The van der Waals surface area contributed by atoms with E-state index >= 15 is 0 Å². The van der Waals surface area contributed by atoms with Crippen LogP contribution in [-0.4, -0.2) is 23.0 Å². The summed E-state index contributed by atoms with van der Waals surface area (Å²) in [7, 11) is 0. The summed E-state index contributed by atoms with van der Waals surface area (Å²) in [6.07, 6.45) is 6.91. The Hall–Kier alpha value is -2.66. The van der Waals surface area contributed by atoms with Gasteiger partial charge in [-0.2, -0.15) is 10.1 Å². The van der Waals surface area contributed by atoms with Crippen LogP contribution in [0.25, 0.3) is 11.3 Å². The Kier molecular flexibility index (Phi) is 3.52. The lowest BCUT2D eigenvalue weighted by atomic mass is 9.63. The fourth-order valence-corrected chi connectivity index (χ4v) is 5.67. The summed E-state index contributed by atoms with van der Waals surface area (Å²) >= 11 is 6.20. The standard InChI is InChI=1S/C23H19ClN2O3/c1-11-2-3-12(8-18(11)24)19-7-4-13(29-19)10-25-26-22(27)20-14-5-6-15(17-9-16(14)17)21(20)23(26)28/h2-8,10,14-17,20-21H,9H2,1H3/b25-10-/t14-,15-,16-,17-,20-,21+/m0/s1. The van der Waals surface area contributed by atoms with Crippen LogP contribution in [0.2, 0.25) is 5.02 Å². The van der Waals surface area contributed by atoms with Crippen molar-refractivity contribution in [2.24, 2.45) is 40.6 Å². The van der Waals surface area contributed by atoms with Gasteiger partial charge in [-0.15, -0.1) is 0 Å². The zero-order valence-electron chi connectivity index (χ0n) is 15.8. The lowest BCUT2D eigenvalue weighted by Crippen LogP contribution is -2.40. The number of imide groups is 1. The average molecular weight is 407 g/mol. The second-order valence-electron chi connectivity index (χ2n) is 8.55. The second kappa shape index (κ2) is 5.92. The highest BCUT2D eigenvalue weighted by Crippen LogP contribution is 2.65. The summed E-state index contributed by atoms with van der Waals surface area (Å²) in [5.41, 5.74) is 1.86. The van der Waals surface area contributed by atoms with Gasteiger partial charge in [0.25, 0.3) is 11.8 Å². The van der Waals surface area contributed by atoms with E-state index in [0.717, 1.165) is 22.6 Å². The van der Waals surface area contributed by atoms with Crippen LogP contribution in [0.1, 0.15) is 17.7 Å². The molecular weight excluding hydrogens is 388 g/mol. The lowest BCUT2D eigenvalue weighted by Gasteiger charge is -2.37. The minimum Gasteiger partial charge on any atom is -0.455 e. The molecule has 0 N–H and O–H groups in total. The molecule has 7 rings (SSSR count). The van der Waals surface area contributed by atoms with Crippen LogP contribution < -0.4 is 0 Å². The highest BCUT2D eigenvalue weighted by atomic mass is 35.5. The first-order chi connectivity index (χ1) is 14.0. The van der Waals surface area contributed by atoms with Crippen LogP contribution in [0, 0.1) is 42.4 Å². The van der Waals surface area contributed by atoms with E-state index in [4.69, 9.17) is 16.0 Å². The van der Waals surface area contributed by atoms with Gasteiger partial charge in [0.2, 0.25) is 0 Å². The third kappa shape index (κ3) is 2.43. The molecule has 2 aromatic rings. The highest BCUT2D eigenvalue weighted by molar-refractivity contribution is 6.31. The monoisotopic (exact) mass is 406 g/mol. The summed E-state index contributed by atoms with van der Waals surface area (Å²) in [4.78, 5) is 25.9. The molecular formula is C23H19ClN2O3. The molecule has 5 nitrogen and oxygen atoms in total. The number of halogens is 1. The van der Waals surface area contributed by atoms with Crippen LogP contribution in [0.3, 0.4) is 0 Å². The van der Waals surface area contributed by atoms with Crippen LogP contribution >= 0.6 is 11.6 Å². The van der Waals surface area contributed by atoms with E-state index in [0.29, 0.717) is 28.4 Å². The highest BCUT2D eigenvalue weighted by Gasteiger charge is 2.67. The maximum Gasteiger partial charge on any atom is 0.254 e. The molecule has 0 unspecified atom stereocenters. The van der Waals surface area contributed by atoms with E-state index in [-0.39, 0.29) is 35.5 Å². The van der Waals surface area contributed by atoms with Gasteiger partial charge in [-0.05, 0) is 60.8 Å². The van der Waals surface area contributed by atoms with Crippen molar-refractivity contribution in [3.63, 3.8) is 0 Å². The Morgan fingerprint density at radius 3 is 2.41 bits per heavy atom. The van der Waals surface area contributed by atoms with Crippen molar-refractivity contribution >= 4 is 29.6 Å². The first kappa shape index (κ1) is 17.2. The smallest absolute Gasteiger partial charge is 0.254 e. The van der Waals surface area contributed by atoms with Gasteiger partial charge in [0, 0.05) is 10.6 Å². The Balaban J connectivity index is 1.24. The maximum atomic E-state index is 12.9. The first-order valence-electron chi connectivity index (χ1n) is 9.99. The molecule has 1 aromatic carbocycles. The second-order valence-corrected chi connectivity index (χ2v) is 8.96. The van der Waals surface area contributed by atoms with Crippen molar-refractivity contribution in [3.8, 4) is 11.3 Å². The molecule has 5 aliphatic rings. The van der Waals surface area contributed by atoms with Crippen LogP contribution in [0.4, 0.5) is 0 Å². The van der Waals surface area contributed by atoms with Crippen molar-refractivity contribution < 1.29 is 14.0 Å². The van der Waals surface area contributed by atoms with Crippen molar-refractivity contribution in [2.45, 2.75) is 13.3 Å². The van der Waals surface area contributed by atoms with Gasteiger partial charge in [-0.3, -0.25) is 9.59 Å². The van der Waals surface area contributed by atoms with Gasteiger partial charge in [0.1, 0.15) is 11.5 Å². The molecule has 2 bridgehead atoms. The lowest BCUT2D eigenvalue weighted by molar-refractivity contribution is -0.140. The molecule has 2 saturated carbocycles. The number of furan rings is 1. The number of hydrogen-bond acceptors (Lipinski definition) is 4. The number of carbonyl (C=O) groups is 2. The summed E-state index contributed by atoms with van der Waals surface area (Å²) in [5, 5.41) is 5.96. The van der Waals surface area contributed by atoms with Gasteiger partial charge < -0.3 is 4.42 Å². The van der Waals surface area contributed by atoms with E-state index in [1.807, 2.05) is 31.2 Å². The number of allylic oxidation sites excluding steroid dienone is 2. The molecule has 6 heteroatoms. The zero-order chi connectivity index (χ0) is 19.9. The van der Waals surface area contributed by atoms with Crippen LogP contribution in [0.15, 0.2) is 52.0 Å². The first-order valence-corrected chi connectivity index (χ1v) is 10.4. The fraction of sp³-hybridized carbons (Fsp3) is 0.348. The minimum atomic E-state index is -0.236. The SMILES string of the molecule is Cc1ccc(-c2ccc(/C=N\N3C(=O)[C@@H]4[C@H]5C=C[C@@H]([C@@H]6C[C@@H]56)[C@@H]4C3=O)o2)cc1Cl. The van der Waals surface area contributed by atoms with Gasteiger partial charge in [0.15, 0.2) is 0 Å². The molecule has 0 radical (unpaired) electrons. The fourth-order valence-electron chi connectivity index (χ4n) is 5.49. The Labute approximate surface area is 173 Å². The molecule has 1 aromatic heterocycles.